The third kappa shape index (κ3) is 2.71. The van der Waals surface area contributed by atoms with Crippen LogP contribution in [0.1, 0.15) is 12.0 Å². The van der Waals surface area contributed by atoms with Crippen molar-refractivity contribution in [3.63, 3.8) is 0 Å². The van der Waals surface area contributed by atoms with Crippen molar-refractivity contribution in [2.75, 3.05) is 6.54 Å². The second-order valence-electron chi connectivity index (χ2n) is 4.94. The van der Waals surface area contributed by atoms with Gasteiger partial charge in [0.1, 0.15) is 12.6 Å². The molecule has 2 heterocycles. The fourth-order valence-electron chi connectivity index (χ4n) is 2.49. The van der Waals surface area contributed by atoms with Crippen LogP contribution in [0.5, 0.6) is 0 Å². The number of hydrogen-bond acceptors (Lipinski definition) is 6. The van der Waals surface area contributed by atoms with E-state index < -0.39 is 11.0 Å². The van der Waals surface area contributed by atoms with Gasteiger partial charge in [-0.15, -0.1) is 0 Å². The molecular weight excluding hydrogens is 296 g/mol. The molecule has 110 valence electrons. The molecule has 1 aromatic rings. The van der Waals surface area contributed by atoms with Gasteiger partial charge in [-0.2, -0.15) is 0 Å². The lowest BCUT2D eigenvalue weighted by molar-refractivity contribution is -0.384. The first-order valence-corrected chi connectivity index (χ1v) is 7.30. The number of carbonyl (C=O) groups is 2. The Morgan fingerprint density at radius 2 is 2.14 bits per heavy atom. The zero-order valence-corrected chi connectivity index (χ0v) is 11.7. The number of ether oxygens (including phenoxy) is 1. The van der Waals surface area contributed by atoms with Gasteiger partial charge in [0.25, 0.3) is 5.69 Å². The largest absolute Gasteiger partial charge is 0.445 e. The van der Waals surface area contributed by atoms with Crippen LogP contribution in [0.25, 0.3) is 0 Å². The summed E-state index contributed by atoms with van der Waals surface area (Å²) in [5, 5.41) is 10.8. The Labute approximate surface area is 124 Å². The first kappa shape index (κ1) is 13.9. The van der Waals surface area contributed by atoms with Crippen molar-refractivity contribution in [1.29, 1.82) is 0 Å². The van der Waals surface area contributed by atoms with Crippen LogP contribution in [-0.4, -0.2) is 38.9 Å². The highest BCUT2D eigenvalue weighted by atomic mass is 32.2. The summed E-state index contributed by atoms with van der Waals surface area (Å²) in [6.45, 7) is 0.576. The molecule has 3 rings (SSSR count). The Morgan fingerprint density at radius 1 is 1.43 bits per heavy atom. The average molecular weight is 308 g/mol. The monoisotopic (exact) mass is 308 g/mol. The number of rotatable bonds is 3. The smallest absolute Gasteiger partial charge is 0.410 e. The summed E-state index contributed by atoms with van der Waals surface area (Å²) >= 11 is 1.30. The molecule has 0 radical (unpaired) electrons. The Kier molecular flexibility index (Phi) is 3.54. The van der Waals surface area contributed by atoms with Gasteiger partial charge in [-0.1, -0.05) is 11.8 Å². The van der Waals surface area contributed by atoms with E-state index in [1.54, 1.807) is 12.1 Å². The maximum Gasteiger partial charge on any atom is 0.410 e. The molecule has 2 bridgehead atoms. The van der Waals surface area contributed by atoms with E-state index in [0.29, 0.717) is 18.5 Å². The number of thioether (sulfide) groups is 1. The fraction of sp³-hybridized carbons (Fsp3) is 0.385. The SMILES string of the molecule is O=C1SC2CC1N(C(=O)OCc1ccc([N+](=O)[O-])cc1)C2. The molecular formula is C13H12N2O5S. The number of benzene rings is 1. The van der Waals surface area contributed by atoms with Crippen LogP contribution in [-0.2, 0) is 16.1 Å². The Bertz CT molecular complexity index is 603. The van der Waals surface area contributed by atoms with E-state index in [1.165, 1.54) is 28.8 Å². The summed E-state index contributed by atoms with van der Waals surface area (Å²) in [4.78, 5) is 35.1. The molecule has 1 aromatic carbocycles. The number of non-ortho nitro benzene ring substituents is 1. The minimum Gasteiger partial charge on any atom is -0.445 e. The lowest BCUT2D eigenvalue weighted by Crippen LogP contribution is -2.41. The molecule has 2 saturated heterocycles. The molecule has 0 aromatic heterocycles. The van der Waals surface area contributed by atoms with Gasteiger partial charge in [-0.25, -0.2) is 4.79 Å². The van der Waals surface area contributed by atoms with E-state index >= 15 is 0 Å². The van der Waals surface area contributed by atoms with Crippen LogP contribution < -0.4 is 0 Å². The van der Waals surface area contributed by atoms with E-state index in [4.69, 9.17) is 4.74 Å². The van der Waals surface area contributed by atoms with Crippen molar-refractivity contribution in [3.8, 4) is 0 Å². The maximum atomic E-state index is 12.0. The number of fused-ring (bicyclic) bond motifs is 2. The molecule has 0 saturated carbocycles. The third-order valence-electron chi connectivity index (χ3n) is 3.56. The zero-order chi connectivity index (χ0) is 15.0. The number of nitrogens with zero attached hydrogens (tertiary/aromatic N) is 2. The minimum atomic E-state index is -0.505. The van der Waals surface area contributed by atoms with Gasteiger partial charge < -0.3 is 4.74 Å². The van der Waals surface area contributed by atoms with E-state index in [1.807, 2.05) is 0 Å². The lowest BCUT2D eigenvalue weighted by Gasteiger charge is -2.24. The molecule has 2 aliphatic rings. The molecule has 7 nitrogen and oxygen atoms in total. The highest BCUT2D eigenvalue weighted by Crippen LogP contribution is 2.39. The van der Waals surface area contributed by atoms with Gasteiger partial charge in [-0.05, 0) is 24.1 Å². The lowest BCUT2D eigenvalue weighted by atomic mass is 10.2. The highest BCUT2D eigenvalue weighted by molar-refractivity contribution is 8.14. The number of amides is 1. The molecule has 2 aliphatic heterocycles. The van der Waals surface area contributed by atoms with Crippen LogP contribution in [0, 0.1) is 10.1 Å². The summed E-state index contributed by atoms with van der Waals surface area (Å²) in [6.07, 6.45) is 0.199. The van der Waals surface area contributed by atoms with Gasteiger partial charge in [0.15, 0.2) is 0 Å². The number of likely N-dealkylation sites (tertiary alicyclic amines) is 1. The first-order chi connectivity index (χ1) is 10.0. The molecule has 8 heteroatoms. The predicted molar refractivity (Wildman–Crippen MR) is 74.8 cm³/mol. The van der Waals surface area contributed by atoms with Gasteiger partial charge in [-0.3, -0.25) is 19.8 Å². The average Bonchev–Trinajstić information content (AvgIpc) is 3.04. The Balaban J connectivity index is 1.56. The number of nitro groups is 1. The van der Waals surface area contributed by atoms with Gasteiger partial charge in [0, 0.05) is 23.9 Å². The molecule has 0 N–H and O–H groups in total. The van der Waals surface area contributed by atoms with Crippen molar-refractivity contribution < 1.29 is 19.2 Å². The summed E-state index contributed by atoms with van der Waals surface area (Å²) in [5.41, 5.74) is 0.656. The molecule has 0 aliphatic carbocycles. The van der Waals surface area contributed by atoms with Crippen molar-refractivity contribution in [2.24, 2.45) is 0 Å². The van der Waals surface area contributed by atoms with Crippen LogP contribution in [0.2, 0.25) is 0 Å². The maximum absolute atomic E-state index is 12.0. The summed E-state index contributed by atoms with van der Waals surface area (Å²) in [6, 6.07) is 5.46. The second kappa shape index (κ2) is 5.36. The molecule has 21 heavy (non-hydrogen) atoms. The fourth-order valence-corrected chi connectivity index (χ4v) is 3.72. The van der Waals surface area contributed by atoms with E-state index in [0.717, 1.165) is 0 Å². The van der Waals surface area contributed by atoms with E-state index in [2.05, 4.69) is 0 Å². The number of carbonyl (C=O) groups excluding carboxylic acids is 2. The molecule has 2 fully saturated rings. The van der Waals surface area contributed by atoms with Crippen LogP contribution in [0.4, 0.5) is 10.5 Å². The van der Waals surface area contributed by atoms with Gasteiger partial charge >= 0.3 is 6.09 Å². The topological polar surface area (TPSA) is 89.8 Å². The number of nitro benzene ring substituents is 1. The van der Waals surface area contributed by atoms with Gasteiger partial charge in [0.2, 0.25) is 5.12 Å². The zero-order valence-electron chi connectivity index (χ0n) is 10.9. The number of hydrogen-bond donors (Lipinski definition) is 0. The minimum absolute atomic E-state index is 0.00968. The summed E-state index contributed by atoms with van der Waals surface area (Å²) in [7, 11) is 0. The molecule has 1 amide bonds. The Hall–Kier alpha value is -2.09. The molecule has 2 atom stereocenters. The van der Waals surface area contributed by atoms with Crippen molar-refractivity contribution in [2.45, 2.75) is 24.3 Å². The first-order valence-electron chi connectivity index (χ1n) is 6.42. The third-order valence-corrected chi connectivity index (χ3v) is 4.74. The normalized spacial score (nSPS) is 23.4. The van der Waals surface area contributed by atoms with Crippen LogP contribution >= 0.6 is 11.8 Å². The van der Waals surface area contributed by atoms with Crippen LogP contribution in [0.3, 0.4) is 0 Å². The van der Waals surface area contributed by atoms with Crippen molar-refractivity contribution >= 4 is 28.7 Å². The standard InChI is InChI=1S/C13H12N2O5S/c16-12-11-5-10(21-12)6-14(11)13(17)20-7-8-1-3-9(4-2-8)15(18)19/h1-4,10-11H,5-7H2. The van der Waals surface area contributed by atoms with E-state index in [9.17, 15) is 19.7 Å². The summed E-state index contributed by atoms with van der Waals surface area (Å²) in [5.74, 6) is 0. The van der Waals surface area contributed by atoms with Crippen molar-refractivity contribution in [1.82, 2.24) is 4.90 Å². The van der Waals surface area contributed by atoms with E-state index in [-0.39, 0.29) is 28.7 Å². The molecule has 2 unspecified atom stereocenters. The van der Waals surface area contributed by atoms with Crippen molar-refractivity contribution in [3.05, 3.63) is 39.9 Å². The quantitative estimate of drug-likeness (QED) is 0.626. The second-order valence-corrected chi connectivity index (χ2v) is 6.25. The Morgan fingerprint density at radius 3 is 2.71 bits per heavy atom. The molecule has 0 spiro atoms. The summed E-state index contributed by atoms with van der Waals surface area (Å²) < 4.78 is 5.17. The predicted octanol–water partition coefficient (Wildman–Crippen LogP) is 1.95. The van der Waals surface area contributed by atoms with Gasteiger partial charge in [0.05, 0.1) is 4.92 Å². The highest BCUT2D eigenvalue weighted by Gasteiger charge is 2.47. The van der Waals surface area contributed by atoms with Crippen LogP contribution in [0.15, 0.2) is 24.3 Å².